The minimum absolute atomic E-state index is 0.326. The lowest BCUT2D eigenvalue weighted by Gasteiger charge is -2.09. The summed E-state index contributed by atoms with van der Waals surface area (Å²) in [6.45, 7) is 7.37. The van der Waals surface area contributed by atoms with Gasteiger partial charge in [-0.2, -0.15) is 0 Å². The molecule has 2 aromatic rings. The molecule has 19 heavy (non-hydrogen) atoms. The first-order chi connectivity index (χ1) is 9.10. The predicted octanol–water partition coefficient (Wildman–Crippen LogP) is 3.56. The molecular weight excluding hydrogens is 304 g/mol. The smallest absolute Gasteiger partial charge is 0.132 e. The van der Waals surface area contributed by atoms with Crippen LogP contribution < -0.4 is 0 Å². The molecule has 102 valence electrons. The summed E-state index contributed by atoms with van der Waals surface area (Å²) in [5.74, 6) is 2.26. The van der Waals surface area contributed by atoms with Crippen LogP contribution in [0.2, 0.25) is 0 Å². The minimum Gasteiger partial charge on any atom is -0.335 e. The molecule has 0 amide bonds. The van der Waals surface area contributed by atoms with Crippen molar-refractivity contribution in [2.45, 2.75) is 46.1 Å². The molecule has 0 bridgehead atoms. The molecule has 0 aliphatic carbocycles. The number of nitrogens with zero attached hydrogens (tertiary/aromatic N) is 4. The number of hydrogen-bond donors (Lipinski definition) is 0. The zero-order valence-electron chi connectivity index (χ0n) is 11.6. The van der Waals surface area contributed by atoms with Crippen molar-refractivity contribution < 1.29 is 0 Å². The molecule has 0 aliphatic rings. The monoisotopic (exact) mass is 322 g/mol. The van der Waals surface area contributed by atoms with Gasteiger partial charge in [-0.3, -0.25) is 0 Å². The predicted molar refractivity (Wildman–Crippen MR) is 79.1 cm³/mol. The number of aromatic nitrogens is 4. The van der Waals surface area contributed by atoms with Crippen molar-refractivity contribution in [3.63, 3.8) is 0 Å². The summed E-state index contributed by atoms with van der Waals surface area (Å²) in [6.07, 6.45) is 5.73. The molecule has 2 heterocycles. The fraction of sp³-hybridized carbons (Fsp3) is 0.500. The molecule has 0 fully saturated rings. The Morgan fingerprint density at radius 1 is 1.32 bits per heavy atom. The standard InChI is InChI=1S/C14H19BrN4/c1-4-6-19-7-5-16-13(19)9-11-8-12(15)18-14(17-11)10(2)3/h5,7-8,10H,4,6,9H2,1-3H3. The first-order valence-electron chi connectivity index (χ1n) is 6.63. The molecule has 0 N–H and O–H groups in total. The highest BCUT2D eigenvalue weighted by Gasteiger charge is 2.10. The topological polar surface area (TPSA) is 43.6 Å². The van der Waals surface area contributed by atoms with E-state index < -0.39 is 0 Å². The van der Waals surface area contributed by atoms with E-state index in [0.717, 1.165) is 41.3 Å². The zero-order valence-corrected chi connectivity index (χ0v) is 13.2. The number of hydrogen-bond acceptors (Lipinski definition) is 3. The average Bonchev–Trinajstić information content (AvgIpc) is 2.76. The van der Waals surface area contributed by atoms with Gasteiger partial charge in [0.05, 0.1) is 5.69 Å². The second-order valence-electron chi connectivity index (χ2n) is 4.91. The van der Waals surface area contributed by atoms with E-state index in [4.69, 9.17) is 0 Å². The number of halogens is 1. The first-order valence-corrected chi connectivity index (χ1v) is 7.42. The Labute approximate surface area is 122 Å². The van der Waals surface area contributed by atoms with Crippen molar-refractivity contribution >= 4 is 15.9 Å². The van der Waals surface area contributed by atoms with Crippen LogP contribution in [0.15, 0.2) is 23.1 Å². The minimum atomic E-state index is 0.326. The van der Waals surface area contributed by atoms with E-state index in [-0.39, 0.29) is 0 Å². The number of rotatable bonds is 5. The highest BCUT2D eigenvalue weighted by atomic mass is 79.9. The normalized spacial score (nSPS) is 11.2. The van der Waals surface area contributed by atoms with Crippen LogP contribution >= 0.6 is 15.9 Å². The van der Waals surface area contributed by atoms with Crippen LogP contribution in [0, 0.1) is 0 Å². The molecule has 0 atom stereocenters. The quantitative estimate of drug-likeness (QED) is 0.790. The van der Waals surface area contributed by atoms with Crippen molar-refractivity contribution in [1.82, 2.24) is 19.5 Å². The second kappa shape index (κ2) is 6.28. The maximum Gasteiger partial charge on any atom is 0.132 e. The van der Waals surface area contributed by atoms with Crippen LogP contribution in [0.1, 0.15) is 50.5 Å². The van der Waals surface area contributed by atoms with Crippen molar-refractivity contribution in [1.29, 1.82) is 0 Å². The van der Waals surface area contributed by atoms with Gasteiger partial charge in [0, 0.05) is 31.3 Å². The lowest BCUT2D eigenvalue weighted by Crippen LogP contribution is -2.07. The van der Waals surface area contributed by atoms with Gasteiger partial charge in [0.15, 0.2) is 0 Å². The fourth-order valence-corrected chi connectivity index (χ4v) is 2.39. The molecule has 0 saturated carbocycles. The third-order valence-electron chi connectivity index (χ3n) is 2.89. The molecule has 0 unspecified atom stereocenters. The van der Waals surface area contributed by atoms with E-state index in [1.54, 1.807) is 0 Å². The van der Waals surface area contributed by atoms with Gasteiger partial charge >= 0.3 is 0 Å². The van der Waals surface area contributed by atoms with E-state index in [0.29, 0.717) is 5.92 Å². The van der Waals surface area contributed by atoms with Crippen LogP contribution in [0.4, 0.5) is 0 Å². The Morgan fingerprint density at radius 2 is 2.11 bits per heavy atom. The van der Waals surface area contributed by atoms with E-state index in [9.17, 15) is 0 Å². The van der Waals surface area contributed by atoms with Crippen molar-refractivity contribution in [2.24, 2.45) is 0 Å². The third-order valence-corrected chi connectivity index (χ3v) is 3.29. The van der Waals surface area contributed by atoms with E-state index >= 15 is 0 Å². The Balaban J connectivity index is 2.25. The second-order valence-corrected chi connectivity index (χ2v) is 5.72. The van der Waals surface area contributed by atoms with Gasteiger partial charge < -0.3 is 4.57 Å². The van der Waals surface area contributed by atoms with Gasteiger partial charge in [0.1, 0.15) is 16.3 Å². The van der Waals surface area contributed by atoms with Crippen molar-refractivity contribution in [3.8, 4) is 0 Å². The maximum absolute atomic E-state index is 4.61. The SMILES string of the molecule is CCCn1ccnc1Cc1cc(Br)nc(C(C)C)n1. The summed E-state index contributed by atoms with van der Waals surface area (Å²) >= 11 is 3.46. The summed E-state index contributed by atoms with van der Waals surface area (Å²) < 4.78 is 3.03. The molecule has 5 heteroatoms. The molecule has 0 spiro atoms. The molecule has 0 saturated heterocycles. The Kier molecular flexibility index (Phi) is 4.69. The number of aryl methyl sites for hydroxylation is 1. The molecular formula is C14H19BrN4. The van der Waals surface area contributed by atoms with E-state index in [1.165, 1.54) is 0 Å². The van der Waals surface area contributed by atoms with Crippen LogP contribution in [-0.4, -0.2) is 19.5 Å². The largest absolute Gasteiger partial charge is 0.335 e. The molecule has 2 aromatic heterocycles. The summed E-state index contributed by atoms with van der Waals surface area (Å²) in [4.78, 5) is 13.4. The lowest BCUT2D eigenvalue weighted by atomic mass is 10.2. The van der Waals surface area contributed by atoms with Gasteiger partial charge in [-0.1, -0.05) is 20.8 Å². The van der Waals surface area contributed by atoms with Crippen LogP contribution in [-0.2, 0) is 13.0 Å². The van der Waals surface area contributed by atoms with Crippen molar-refractivity contribution in [2.75, 3.05) is 0 Å². The summed E-state index contributed by atoms with van der Waals surface area (Å²) in [7, 11) is 0. The Hall–Kier alpha value is -1.23. The van der Waals surface area contributed by atoms with E-state index in [1.807, 2.05) is 18.5 Å². The van der Waals surface area contributed by atoms with Crippen LogP contribution in [0.3, 0.4) is 0 Å². The lowest BCUT2D eigenvalue weighted by molar-refractivity contribution is 0.642. The van der Waals surface area contributed by atoms with Crippen LogP contribution in [0.5, 0.6) is 0 Å². The molecule has 2 rings (SSSR count). The van der Waals surface area contributed by atoms with Crippen molar-refractivity contribution in [3.05, 3.63) is 40.4 Å². The summed E-state index contributed by atoms with van der Waals surface area (Å²) in [5.41, 5.74) is 1.01. The maximum atomic E-state index is 4.61. The molecule has 0 radical (unpaired) electrons. The van der Waals surface area contributed by atoms with Gasteiger partial charge in [-0.15, -0.1) is 0 Å². The van der Waals surface area contributed by atoms with Crippen LogP contribution in [0.25, 0.3) is 0 Å². The molecule has 0 aliphatic heterocycles. The summed E-state index contributed by atoms with van der Waals surface area (Å²) in [6, 6.07) is 1.97. The number of imidazole rings is 1. The molecule has 4 nitrogen and oxygen atoms in total. The van der Waals surface area contributed by atoms with Gasteiger partial charge in [0.2, 0.25) is 0 Å². The molecule has 0 aromatic carbocycles. The zero-order chi connectivity index (χ0) is 13.8. The van der Waals surface area contributed by atoms with Gasteiger partial charge in [0.25, 0.3) is 0 Å². The Morgan fingerprint density at radius 3 is 2.79 bits per heavy atom. The average molecular weight is 323 g/mol. The van der Waals surface area contributed by atoms with Gasteiger partial charge in [-0.05, 0) is 28.4 Å². The highest BCUT2D eigenvalue weighted by molar-refractivity contribution is 9.10. The Bertz CT molecular complexity index is 548. The van der Waals surface area contributed by atoms with Gasteiger partial charge in [-0.25, -0.2) is 15.0 Å². The third kappa shape index (κ3) is 3.62. The fourth-order valence-electron chi connectivity index (χ4n) is 1.95. The summed E-state index contributed by atoms with van der Waals surface area (Å²) in [5, 5.41) is 0. The highest BCUT2D eigenvalue weighted by Crippen LogP contribution is 2.16. The van der Waals surface area contributed by atoms with E-state index in [2.05, 4.69) is 56.2 Å². The first kappa shape index (κ1) is 14.2.